The van der Waals surface area contributed by atoms with Gasteiger partial charge in [0.15, 0.2) is 4.87 Å². The van der Waals surface area contributed by atoms with Gasteiger partial charge in [-0.05, 0) is 60.2 Å². The Morgan fingerprint density at radius 3 is 2.71 bits per heavy atom. The molecule has 8 heteroatoms. The number of methoxy groups -OCH3 is 1. The van der Waals surface area contributed by atoms with E-state index in [1.807, 2.05) is 24.3 Å². The number of rotatable bonds is 4. The topological polar surface area (TPSA) is 73.6 Å². The zero-order valence-corrected chi connectivity index (χ0v) is 19.9. The summed E-state index contributed by atoms with van der Waals surface area (Å²) in [5.41, 5.74) is 3.31. The molecule has 34 heavy (non-hydrogen) atoms. The smallest absolute Gasteiger partial charge is 0.268 e. The zero-order valence-electron chi connectivity index (χ0n) is 18.3. The second-order valence-corrected chi connectivity index (χ2v) is 9.77. The van der Waals surface area contributed by atoms with E-state index >= 15 is 0 Å². The Morgan fingerprint density at radius 2 is 1.97 bits per heavy atom. The third-order valence-electron chi connectivity index (χ3n) is 6.13. The number of amides is 2. The van der Waals surface area contributed by atoms with E-state index in [1.54, 1.807) is 59.4 Å². The Labute approximate surface area is 206 Å². The number of halogens is 1. The van der Waals surface area contributed by atoms with Crippen molar-refractivity contribution in [3.8, 4) is 11.8 Å². The van der Waals surface area contributed by atoms with Gasteiger partial charge in [0.2, 0.25) is 0 Å². The van der Waals surface area contributed by atoms with Crippen LogP contribution in [0, 0.1) is 11.3 Å². The lowest BCUT2D eigenvalue weighted by atomic mass is 10.0. The first-order valence-electron chi connectivity index (χ1n) is 10.7. The maximum Gasteiger partial charge on any atom is 0.268 e. The van der Waals surface area contributed by atoms with Gasteiger partial charge in [-0.3, -0.25) is 9.59 Å². The van der Waals surface area contributed by atoms with Gasteiger partial charge in [-0.1, -0.05) is 23.7 Å². The van der Waals surface area contributed by atoms with E-state index in [1.165, 1.54) is 11.8 Å². The van der Waals surface area contributed by atoms with E-state index in [0.29, 0.717) is 40.7 Å². The number of hydrogen-bond donors (Lipinski definition) is 0. The minimum atomic E-state index is -1.19. The molecule has 1 spiro atoms. The molecule has 0 radical (unpaired) electrons. The van der Waals surface area contributed by atoms with Gasteiger partial charge >= 0.3 is 0 Å². The minimum Gasteiger partial charge on any atom is -0.497 e. The molecule has 2 amide bonds. The fraction of sp³-hybridized carbons (Fsp3) is 0.192. The Kier molecular flexibility index (Phi) is 5.72. The molecular weight excluding hydrogens is 470 g/mol. The number of anilines is 1. The average molecular weight is 490 g/mol. The first kappa shape index (κ1) is 22.3. The van der Waals surface area contributed by atoms with Crippen molar-refractivity contribution in [2.45, 2.75) is 11.4 Å². The molecule has 6 nitrogen and oxygen atoms in total. The number of ether oxygens (including phenoxy) is 1. The fourth-order valence-corrected chi connectivity index (χ4v) is 6.13. The molecule has 0 aliphatic carbocycles. The lowest BCUT2D eigenvalue weighted by Gasteiger charge is -2.33. The van der Waals surface area contributed by atoms with Gasteiger partial charge in [0.25, 0.3) is 11.8 Å². The number of hydrogen-bond acceptors (Lipinski definition) is 5. The molecule has 2 heterocycles. The normalized spacial score (nSPS) is 18.8. The molecule has 0 N–H and O–H groups in total. The summed E-state index contributed by atoms with van der Waals surface area (Å²) in [6, 6.07) is 21.6. The fourth-order valence-electron chi connectivity index (χ4n) is 4.55. The summed E-state index contributed by atoms with van der Waals surface area (Å²) in [6.07, 6.45) is 0. The molecule has 0 bridgehead atoms. The molecule has 3 aromatic rings. The van der Waals surface area contributed by atoms with E-state index < -0.39 is 4.87 Å². The molecule has 170 valence electrons. The van der Waals surface area contributed by atoms with Crippen LogP contribution < -0.4 is 9.64 Å². The van der Waals surface area contributed by atoms with Crippen LogP contribution >= 0.6 is 23.4 Å². The summed E-state index contributed by atoms with van der Waals surface area (Å²) in [6.45, 7) is 0.727. The van der Waals surface area contributed by atoms with E-state index in [2.05, 4.69) is 6.07 Å². The number of carbonyl (C=O) groups excluding carboxylic acids is 2. The summed E-state index contributed by atoms with van der Waals surface area (Å²) in [7, 11) is 1.58. The number of fused-ring (bicyclic) bond motifs is 2. The van der Waals surface area contributed by atoms with E-state index in [9.17, 15) is 14.9 Å². The minimum absolute atomic E-state index is 0.178. The van der Waals surface area contributed by atoms with E-state index in [-0.39, 0.29) is 11.8 Å². The molecular formula is C26H20ClN3O3S. The van der Waals surface area contributed by atoms with Crippen LogP contribution in [-0.4, -0.2) is 36.1 Å². The Balaban J connectivity index is 1.60. The van der Waals surface area contributed by atoms with E-state index in [4.69, 9.17) is 16.3 Å². The summed E-state index contributed by atoms with van der Waals surface area (Å²) in [4.78, 5) is 29.9. The van der Waals surface area contributed by atoms with Crippen LogP contribution in [0.15, 0.2) is 66.7 Å². The number of carbonyl (C=O) groups is 2. The predicted octanol–water partition coefficient (Wildman–Crippen LogP) is 4.81. The molecule has 1 fully saturated rings. The van der Waals surface area contributed by atoms with Crippen molar-refractivity contribution in [1.82, 2.24) is 4.90 Å². The van der Waals surface area contributed by atoms with Crippen LogP contribution in [0.5, 0.6) is 5.75 Å². The van der Waals surface area contributed by atoms with Crippen molar-refractivity contribution in [2.24, 2.45) is 0 Å². The first-order chi connectivity index (χ1) is 16.5. The molecule has 2 aliphatic rings. The molecule has 5 rings (SSSR count). The number of nitriles is 1. The number of benzene rings is 3. The summed E-state index contributed by atoms with van der Waals surface area (Å²) < 4.78 is 5.46. The molecule has 0 saturated carbocycles. The van der Waals surface area contributed by atoms with Gasteiger partial charge in [-0.15, -0.1) is 11.8 Å². The van der Waals surface area contributed by atoms with Crippen LogP contribution in [0.2, 0.25) is 5.02 Å². The Morgan fingerprint density at radius 1 is 1.18 bits per heavy atom. The van der Waals surface area contributed by atoms with Crippen molar-refractivity contribution in [2.75, 3.05) is 24.3 Å². The quantitative estimate of drug-likeness (QED) is 0.526. The monoisotopic (exact) mass is 489 g/mol. The van der Waals surface area contributed by atoms with Gasteiger partial charge < -0.3 is 14.5 Å². The van der Waals surface area contributed by atoms with E-state index in [0.717, 1.165) is 16.8 Å². The van der Waals surface area contributed by atoms with Gasteiger partial charge in [0, 0.05) is 28.4 Å². The number of thioether (sulfide) groups is 1. The highest BCUT2D eigenvalue weighted by Gasteiger charge is 2.59. The van der Waals surface area contributed by atoms with Crippen molar-refractivity contribution in [1.29, 1.82) is 5.26 Å². The lowest BCUT2D eigenvalue weighted by Crippen LogP contribution is -2.50. The highest BCUT2D eigenvalue weighted by atomic mass is 35.5. The second-order valence-electron chi connectivity index (χ2n) is 8.04. The van der Waals surface area contributed by atoms with Crippen molar-refractivity contribution in [3.63, 3.8) is 0 Å². The van der Waals surface area contributed by atoms with Crippen molar-refractivity contribution in [3.05, 3.63) is 94.0 Å². The molecule has 0 aromatic heterocycles. The van der Waals surface area contributed by atoms with Crippen LogP contribution in [-0.2, 0) is 16.2 Å². The van der Waals surface area contributed by atoms with Crippen molar-refractivity contribution >= 4 is 40.9 Å². The van der Waals surface area contributed by atoms with Gasteiger partial charge in [-0.25, -0.2) is 0 Å². The number of nitrogens with zero attached hydrogens (tertiary/aromatic N) is 3. The maximum atomic E-state index is 14.1. The SMILES string of the molecule is COc1ccc2c(c1)C1(SCCN1C(=O)c1ccc(Cl)cc1)C(=O)N2Cc1cccc(C#N)c1. The Hall–Kier alpha value is -3.47. The maximum absolute atomic E-state index is 14.1. The highest BCUT2D eigenvalue weighted by Crippen LogP contribution is 2.55. The largest absolute Gasteiger partial charge is 0.497 e. The first-order valence-corrected chi connectivity index (χ1v) is 12.1. The highest BCUT2D eigenvalue weighted by molar-refractivity contribution is 8.01. The lowest BCUT2D eigenvalue weighted by molar-refractivity contribution is -0.123. The van der Waals surface area contributed by atoms with Crippen LogP contribution in [0.3, 0.4) is 0 Å². The molecule has 3 aromatic carbocycles. The summed E-state index contributed by atoms with van der Waals surface area (Å²) in [5.74, 6) is 0.838. The summed E-state index contributed by atoms with van der Waals surface area (Å²) in [5, 5.41) is 9.82. The van der Waals surface area contributed by atoms with Crippen LogP contribution in [0.25, 0.3) is 0 Å². The standard InChI is InChI=1S/C26H20ClN3O3S/c1-33-21-9-10-23-22(14-21)26(25(32)29(23)16-18-4-2-3-17(13-18)15-28)30(11-12-34-26)24(31)19-5-7-20(27)8-6-19/h2-10,13-14H,11-12,16H2,1H3. The molecule has 2 aliphatic heterocycles. The van der Waals surface area contributed by atoms with Crippen molar-refractivity contribution < 1.29 is 14.3 Å². The molecule has 1 unspecified atom stereocenters. The average Bonchev–Trinajstić information content (AvgIpc) is 3.41. The third kappa shape index (κ3) is 3.51. The van der Waals surface area contributed by atoms with Crippen LogP contribution in [0.4, 0.5) is 5.69 Å². The van der Waals surface area contributed by atoms with Gasteiger partial charge in [-0.2, -0.15) is 5.26 Å². The zero-order chi connectivity index (χ0) is 23.9. The van der Waals surface area contributed by atoms with Gasteiger partial charge in [0.1, 0.15) is 5.75 Å². The third-order valence-corrected chi connectivity index (χ3v) is 7.81. The second kappa shape index (κ2) is 8.71. The Bertz CT molecular complexity index is 1340. The molecule has 1 atom stereocenters. The molecule has 1 saturated heterocycles. The van der Waals surface area contributed by atoms with Gasteiger partial charge in [0.05, 0.1) is 31.0 Å². The van der Waals surface area contributed by atoms with Crippen LogP contribution in [0.1, 0.15) is 27.0 Å². The summed E-state index contributed by atoms with van der Waals surface area (Å²) >= 11 is 7.47. The predicted molar refractivity (Wildman–Crippen MR) is 132 cm³/mol.